The molecule has 1 aliphatic rings. The number of carbonyl (C=O) groups is 3. The first kappa shape index (κ1) is 17.7. The van der Waals surface area contributed by atoms with E-state index in [9.17, 15) is 14.4 Å². The number of ether oxygens (including phenoxy) is 1. The lowest BCUT2D eigenvalue weighted by molar-refractivity contribution is -0.126. The third-order valence-electron chi connectivity index (χ3n) is 4.41. The van der Waals surface area contributed by atoms with Crippen LogP contribution in [-0.4, -0.2) is 31.4 Å². The van der Waals surface area contributed by atoms with Crippen LogP contribution >= 0.6 is 0 Å². The zero-order chi connectivity index (χ0) is 18.5. The van der Waals surface area contributed by atoms with E-state index in [0.717, 1.165) is 5.56 Å². The number of para-hydroxylation sites is 1. The van der Waals surface area contributed by atoms with E-state index in [1.165, 1.54) is 12.0 Å². The molecule has 134 valence electrons. The minimum absolute atomic E-state index is 0.121. The van der Waals surface area contributed by atoms with Gasteiger partial charge in [0.05, 0.1) is 24.3 Å². The van der Waals surface area contributed by atoms with Crippen molar-refractivity contribution < 1.29 is 19.1 Å². The average molecular weight is 352 g/mol. The molecule has 2 aromatic carbocycles. The molecule has 2 amide bonds. The molecule has 1 atom stereocenters. The Labute approximate surface area is 151 Å². The lowest BCUT2D eigenvalue weighted by Crippen LogP contribution is -2.33. The lowest BCUT2D eigenvalue weighted by Gasteiger charge is -2.19. The number of hydrogen-bond acceptors (Lipinski definition) is 4. The van der Waals surface area contributed by atoms with E-state index < -0.39 is 11.9 Å². The molecule has 0 bridgehead atoms. The maximum Gasteiger partial charge on any atom is 0.339 e. The summed E-state index contributed by atoms with van der Waals surface area (Å²) in [5.74, 6) is -1.30. The molecule has 1 heterocycles. The van der Waals surface area contributed by atoms with Crippen molar-refractivity contribution in [2.75, 3.05) is 18.6 Å². The van der Waals surface area contributed by atoms with Gasteiger partial charge in [0.1, 0.15) is 0 Å². The number of amides is 2. The lowest BCUT2D eigenvalue weighted by atomic mass is 10.1. The van der Waals surface area contributed by atoms with Crippen molar-refractivity contribution in [3.63, 3.8) is 0 Å². The molecule has 6 heteroatoms. The van der Waals surface area contributed by atoms with Crippen molar-refractivity contribution in [2.24, 2.45) is 5.92 Å². The van der Waals surface area contributed by atoms with Gasteiger partial charge in [0, 0.05) is 19.5 Å². The van der Waals surface area contributed by atoms with Crippen LogP contribution in [0.25, 0.3) is 0 Å². The molecule has 6 nitrogen and oxygen atoms in total. The molecule has 0 aromatic heterocycles. The third kappa shape index (κ3) is 3.74. The average Bonchev–Trinajstić information content (AvgIpc) is 3.08. The number of methoxy groups -OCH3 is 1. The highest BCUT2D eigenvalue weighted by Crippen LogP contribution is 2.28. The Morgan fingerprint density at radius 3 is 2.54 bits per heavy atom. The molecule has 1 N–H and O–H groups in total. The number of rotatable bonds is 5. The van der Waals surface area contributed by atoms with Gasteiger partial charge in [0.25, 0.3) is 0 Å². The number of anilines is 1. The summed E-state index contributed by atoms with van der Waals surface area (Å²) in [7, 11) is 1.30. The largest absolute Gasteiger partial charge is 0.465 e. The smallest absolute Gasteiger partial charge is 0.339 e. The van der Waals surface area contributed by atoms with Crippen LogP contribution in [0.2, 0.25) is 0 Å². The minimum Gasteiger partial charge on any atom is -0.465 e. The fourth-order valence-corrected chi connectivity index (χ4v) is 3.04. The van der Waals surface area contributed by atoms with Gasteiger partial charge < -0.3 is 15.0 Å². The zero-order valence-electron chi connectivity index (χ0n) is 14.5. The second kappa shape index (κ2) is 7.82. The van der Waals surface area contributed by atoms with Crippen LogP contribution in [0.15, 0.2) is 54.6 Å². The second-order valence-electron chi connectivity index (χ2n) is 6.12. The number of esters is 1. The van der Waals surface area contributed by atoms with E-state index >= 15 is 0 Å². The molecule has 1 fully saturated rings. The van der Waals surface area contributed by atoms with Gasteiger partial charge in [-0.1, -0.05) is 42.5 Å². The van der Waals surface area contributed by atoms with Crippen molar-refractivity contribution in [3.05, 3.63) is 65.7 Å². The summed E-state index contributed by atoms with van der Waals surface area (Å²) in [6.45, 7) is 0.663. The molecule has 1 saturated heterocycles. The number of nitrogens with one attached hydrogen (secondary N) is 1. The van der Waals surface area contributed by atoms with Crippen LogP contribution in [0, 0.1) is 5.92 Å². The molecule has 3 rings (SSSR count). The molecule has 0 spiro atoms. The molecule has 1 unspecified atom stereocenters. The Morgan fingerprint density at radius 2 is 1.81 bits per heavy atom. The fraction of sp³-hybridized carbons (Fsp3) is 0.250. The normalized spacial score (nSPS) is 16.4. The van der Waals surface area contributed by atoms with E-state index in [4.69, 9.17) is 4.74 Å². The Hall–Kier alpha value is -3.15. The van der Waals surface area contributed by atoms with Gasteiger partial charge in [-0.2, -0.15) is 0 Å². The number of carbonyl (C=O) groups excluding carboxylic acids is 3. The summed E-state index contributed by atoms with van der Waals surface area (Å²) >= 11 is 0. The van der Waals surface area contributed by atoms with Crippen LogP contribution in [0.3, 0.4) is 0 Å². The Kier molecular flexibility index (Phi) is 5.31. The van der Waals surface area contributed by atoms with Crippen molar-refractivity contribution in [1.29, 1.82) is 0 Å². The summed E-state index contributed by atoms with van der Waals surface area (Å²) < 4.78 is 4.78. The van der Waals surface area contributed by atoms with Gasteiger partial charge in [-0.25, -0.2) is 4.79 Å². The standard InChI is InChI=1S/C20H20N2O4/c1-26-20(25)16-9-5-6-10-17(16)22-13-15(11-18(22)23)19(24)21-12-14-7-3-2-4-8-14/h2-10,15H,11-13H2,1H3,(H,21,24). The quantitative estimate of drug-likeness (QED) is 0.837. The molecular weight excluding hydrogens is 332 g/mol. The highest BCUT2D eigenvalue weighted by molar-refractivity contribution is 6.05. The highest BCUT2D eigenvalue weighted by atomic mass is 16.5. The minimum atomic E-state index is -0.509. The Morgan fingerprint density at radius 1 is 1.12 bits per heavy atom. The monoisotopic (exact) mass is 352 g/mol. The van der Waals surface area contributed by atoms with E-state index in [0.29, 0.717) is 17.8 Å². The van der Waals surface area contributed by atoms with Gasteiger partial charge in [-0.05, 0) is 17.7 Å². The summed E-state index contributed by atoms with van der Waals surface area (Å²) in [6, 6.07) is 16.3. The van der Waals surface area contributed by atoms with E-state index in [-0.39, 0.29) is 24.8 Å². The molecule has 0 aliphatic carbocycles. The van der Waals surface area contributed by atoms with E-state index in [2.05, 4.69) is 5.32 Å². The fourth-order valence-electron chi connectivity index (χ4n) is 3.04. The van der Waals surface area contributed by atoms with Gasteiger partial charge >= 0.3 is 5.97 Å². The van der Waals surface area contributed by atoms with E-state index in [1.54, 1.807) is 24.3 Å². The number of nitrogens with zero attached hydrogens (tertiary/aromatic N) is 1. The molecule has 0 radical (unpaired) electrons. The van der Waals surface area contributed by atoms with Crippen molar-refractivity contribution in [1.82, 2.24) is 5.32 Å². The van der Waals surface area contributed by atoms with Crippen LogP contribution in [-0.2, 0) is 20.9 Å². The first-order valence-corrected chi connectivity index (χ1v) is 8.39. The topological polar surface area (TPSA) is 75.7 Å². The maximum absolute atomic E-state index is 12.4. The zero-order valence-corrected chi connectivity index (χ0v) is 14.5. The Balaban J connectivity index is 1.69. The van der Waals surface area contributed by atoms with Gasteiger partial charge in [-0.15, -0.1) is 0 Å². The molecule has 1 aliphatic heterocycles. The summed E-state index contributed by atoms with van der Waals surface area (Å²) in [5.41, 5.74) is 1.79. The van der Waals surface area contributed by atoms with Crippen LogP contribution in [0.4, 0.5) is 5.69 Å². The maximum atomic E-state index is 12.4. The first-order valence-electron chi connectivity index (χ1n) is 8.39. The highest BCUT2D eigenvalue weighted by Gasteiger charge is 2.36. The van der Waals surface area contributed by atoms with Crippen LogP contribution < -0.4 is 10.2 Å². The SMILES string of the molecule is COC(=O)c1ccccc1N1CC(C(=O)NCc2ccccc2)CC1=O. The molecule has 2 aromatic rings. The predicted octanol–water partition coefficient (Wildman–Crippen LogP) is 2.14. The first-order chi connectivity index (χ1) is 12.6. The Bertz CT molecular complexity index is 820. The van der Waals surface area contributed by atoms with Crippen molar-refractivity contribution in [2.45, 2.75) is 13.0 Å². The number of benzene rings is 2. The van der Waals surface area contributed by atoms with Crippen LogP contribution in [0.1, 0.15) is 22.3 Å². The summed E-state index contributed by atoms with van der Waals surface area (Å²) in [6.07, 6.45) is 0.121. The van der Waals surface area contributed by atoms with Gasteiger partial charge in [-0.3, -0.25) is 9.59 Å². The van der Waals surface area contributed by atoms with Crippen molar-refractivity contribution in [3.8, 4) is 0 Å². The van der Waals surface area contributed by atoms with Crippen LogP contribution in [0.5, 0.6) is 0 Å². The number of hydrogen-bond donors (Lipinski definition) is 1. The molecule has 26 heavy (non-hydrogen) atoms. The van der Waals surface area contributed by atoms with Gasteiger partial charge in [0.15, 0.2) is 0 Å². The van der Waals surface area contributed by atoms with E-state index in [1.807, 2.05) is 30.3 Å². The third-order valence-corrected chi connectivity index (χ3v) is 4.41. The second-order valence-corrected chi connectivity index (χ2v) is 6.12. The van der Waals surface area contributed by atoms with Gasteiger partial charge in [0.2, 0.25) is 11.8 Å². The molecule has 0 saturated carbocycles. The molecular formula is C20H20N2O4. The predicted molar refractivity (Wildman–Crippen MR) is 96.5 cm³/mol. The summed E-state index contributed by atoms with van der Waals surface area (Å²) in [4.78, 5) is 38.3. The van der Waals surface area contributed by atoms with Crippen molar-refractivity contribution >= 4 is 23.5 Å². The summed E-state index contributed by atoms with van der Waals surface area (Å²) in [5, 5.41) is 2.87.